The van der Waals surface area contributed by atoms with Gasteiger partial charge in [-0.3, -0.25) is 0 Å². The van der Waals surface area contributed by atoms with Crippen molar-refractivity contribution in [1.29, 1.82) is 0 Å². The Bertz CT molecular complexity index is 145. The van der Waals surface area contributed by atoms with Crippen LogP contribution >= 0.6 is 0 Å². The van der Waals surface area contributed by atoms with Crippen molar-refractivity contribution >= 4 is 0 Å². The molecule has 0 amide bonds. The molecule has 1 aliphatic rings. The maximum Gasteiger partial charge on any atom is 0.00127 e. The van der Waals surface area contributed by atoms with Crippen LogP contribution in [0.3, 0.4) is 0 Å². The van der Waals surface area contributed by atoms with Gasteiger partial charge in [0.2, 0.25) is 0 Å². The summed E-state index contributed by atoms with van der Waals surface area (Å²) in [5.74, 6) is 0. The molecular formula is C9H17N. The number of rotatable bonds is 4. The fourth-order valence-corrected chi connectivity index (χ4v) is 1.21. The number of nitrogens with zero attached hydrogens (tertiary/aromatic N) is 1. The molecule has 10 heavy (non-hydrogen) atoms. The van der Waals surface area contributed by atoms with E-state index in [1.54, 1.807) is 11.1 Å². The molecule has 1 nitrogen and oxygen atoms in total. The van der Waals surface area contributed by atoms with E-state index in [4.69, 9.17) is 0 Å². The summed E-state index contributed by atoms with van der Waals surface area (Å²) in [6.07, 6.45) is 3.92. The van der Waals surface area contributed by atoms with Gasteiger partial charge in [0.05, 0.1) is 0 Å². The fraction of sp³-hybridized carbons (Fsp3) is 0.778. The number of allylic oxidation sites excluding steroid dienone is 1. The molecule has 0 saturated heterocycles. The van der Waals surface area contributed by atoms with Crippen LogP contribution in [0.25, 0.3) is 0 Å². The topological polar surface area (TPSA) is 3.24 Å². The Hall–Kier alpha value is -0.300. The normalized spacial score (nSPS) is 16.8. The van der Waals surface area contributed by atoms with Gasteiger partial charge in [0, 0.05) is 6.54 Å². The molecule has 0 bridgehead atoms. The van der Waals surface area contributed by atoms with Crippen molar-refractivity contribution in [1.82, 2.24) is 4.90 Å². The molecular weight excluding hydrogens is 122 g/mol. The molecule has 0 spiro atoms. The average Bonchev–Trinajstić information content (AvgIpc) is 2.61. The SMILES string of the molecule is CCC1=C(CCN(C)C)C1. The van der Waals surface area contributed by atoms with Crippen molar-refractivity contribution < 1.29 is 0 Å². The van der Waals surface area contributed by atoms with E-state index in [1.807, 2.05) is 0 Å². The first kappa shape index (κ1) is 7.80. The number of hydrogen-bond acceptors (Lipinski definition) is 1. The van der Waals surface area contributed by atoms with Crippen molar-refractivity contribution in [3.8, 4) is 0 Å². The number of hydrogen-bond donors (Lipinski definition) is 0. The molecule has 0 aliphatic heterocycles. The highest BCUT2D eigenvalue weighted by Gasteiger charge is 2.17. The second kappa shape index (κ2) is 3.20. The van der Waals surface area contributed by atoms with Gasteiger partial charge < -0.3 is 4.90 Å². The summed E-state index contributed by atoms with van der Waals surface area (Å²) in [6, 6.07) is 0. The van der Waals surface area contributed by atoms with Crippen molar-refractivity contribution in [2.45, 2.75) is 26.2 Å². The lowest BCUT2D eigenvalue weighted by atomic mass is 10.3. The summed E-state index contributed by atoms with van der Waals surface area (Å²) in [4.78, 5) is 2.25. The second-order valence-electron chi connectivity index (χ2n) is 3.29. The van der Waals surface area contributed by atoms with E-state index in [-0.39, 0.29) is 0 Å². The van der Waals surface area contributed by atoms with Gasteiger partial charge in [-0.05, 0) is 33.4 Å². The van der Waals surface area contributed by atoms with E-state index < -0.39 is 0 Å². The Balaban J connectivity index is 2.11. The summed E-state index contributed by atoms with van der Waals surface area (Å²) in [7, 11) is 4.27. The van der Waals surface area contributed by atoms with Gasteiger partial charge in [-0.25, -0.2) is 0 Å². The summed E-state index contributed by atoms with van der Waals surface area (Å²) in [5.41, 5.74) is 3.43. The largest absolute Gasteiger partial charge is 0.309 e. The standard InChI is InChI=1S/C9H17N/c1-4-8-7-9(8)5-6-10(2)3/h4-7H2,1-3H3. The quantitative estimate of drug-likeness (QED) is 0.539. The molecule has 0 saturated carbocycles. The van der Waals surface area contributed by atoms with Crippen molar-refractivity contribution in [3.63, 3.8) is 0 Å². The first-order chi connectivity index (χ1) is 4.74. The minimum atomic E-state index is 1.22. The van der Waals surface area contributed by atoms with Crippen LogP contribution < -0.4 is 0 Å². The molecule has 0 N–H and O–H groups in total. The van der Waals surface area contributed by atoms with Gasteiger partial charge in [0.25, 0.3) is 0 Å². The zero-order chi connectivity index (χ0) is 7.56. The molecule has 58 valence electrons. The van der Waals surface area contributed by atoms with E-state index in [2.05, 4.69) is 25.9 Å². The summed E-state index contributed by atoms with van der Waals surface area (Å²) < 4.78 is 0. The summed E-state index contributed by atoms with van der Waals surface area (Å²) >= 11 is 0. The maximum atomic E-state index is 2.25. The molecule has 1 heteroatoms. The monoisotopic (exact) mass is 139 g/mol. The lowest BCUT2D eigenvalue weighted by Crippen LogP contribution is -2.12. The molecule has 0 radical (unpaired) electrons. The lowest BCUT2D eigenvalue weighted by Gasteiger charge is -2.05. The average molecular weight is 139 g/mol. The Morgan fingerprint density at radius 1 is 1.30 bits per heavy atom. The molecule has 0 aromatic carbocycles. The van der Waals surface area contributed by atoms with Gasteiger partial charge in [-0.2, -0.15) is 0 Å². The Morgan fingerprint density at radius 3 is 2.40 bits per heavy atom. The zero-order valence-electron chi connectivity index (χ0n) is 7.28. The highest BCUT2D eigenvalue weighted by atomic mass is 15.0. The van der Waals surface area contributed by atoms with Crippen LogP contribution in [-0.2, 0) is 0 Å². The minimum absolute atomic E-state index is 1.22. The maximum absolute atomic E-state index is 2.25. The third kappa shape index (κ3) is 2.14. The molecule has 1 aliphatic carbocycles. The predicted molar refractivity (Wildman–Crippen MR) is 45.1 cm³/mol. The first-order valence-corrected chi connectivity index (χ1v) is 4.08. The van der Waals surface area contributed by atoms with E-state index in [1.165, 1.54) is 25.8 Å². The van der Waals surface area contributed by atoms with E-state index in [0.29, 0.717) is 0 Å². The summed E-state index contributed by atoms with van der Waals surface area (Å²) in [5, 5.41) is 0. The fourth-order valence-electron chi connectivity index (χ4n) is 1.21. The zero-order valence-corrected chi connectivity index (χ0v) is 7.28. The first-order valence-electron chi connectivity index (χ1n) is 4.08. The molecule has 1 rings (SSSR count). The van der Waals surface area contributed by atoms with E-state index in [9.17, 15) is 0 Å². The minimum Gasteiger partial charge on any atom is -0.309 e. The van der Waals surface area contributed by atoms with Crippen LogP contribution in [0.5, 0.6) is 0 Å². The lowest BCUT2D eigenvalue weighted by molar-refractivity contribution is 0.414. The third-order valence-corrected chi connectivity index (χ3v) is 2.09. The second-order valence-corrected chi connectivity index (χ2v) is 3.29. The molecule has 0 fully saturated rings. The van der Waals surface area contributed by atoms with Crippen LogP contribution in [-0.4, -0.2) is 25.5 Å². The van der Waals surface area contributed by atoms with Crippen LogP contribution in [0.4, 0.5) is 0 Å². The van der Waals surface area contributed by atoms with Crippen LogP contribution in [0.2, 0.25) is 0 Å². The van der Waals surface area contributed by atoms with Gasteiger partial charge >= 0.3 is 0 Å². The molecule has 0 aromatic rings. The highest BCUT2D eigenvalue weighted by molar-refractivity contribution is 5.34. The smallest absolute Gasteiger partial charge is 0.00127 e. The molecule has 0 aromatic heterocycles. The van der Waals surface area contributed by atoms with E-state index >= 15 is 0 Å². The molecule has 0 heterocycles. The Morgan fingerprint density at radius 2 is 2.00 bits per heavy atom. The van der Waals surface area contributed by atoms with Gasteiger partial charge in [0.15, 0.2) is 0 Å². The molecule has 0 unspecified atom stereocenters. The van der Waals surface area contributed by atoms with Gasteiger partial charge in [-0.1, -0.05) is 18.1 Å². The molecule has 0 atom stereocenters. The summed E-state index contributed by atoms with van der Waals surface area (Å²) in [6.45, 7) is 3.47. The van der Waals surface area contributed by atoms with Crippen molar-refractivity contribution in [2.75, 3.05) is 20.6 Å². The van der Waals surface area contributed by atoms with Crippen LogP contribution in [0.15, 0.2) is 11.1 Å². The van der Waals surface area contributed by atoms with E-state index in [0.717, 1.165) is 0 Å². The Labute approximate surface area is 63.7 Å². The Kier molecular flexibility index (Phi) is 2.50. The van der Waals surface area contributed by atoms with Crippen LogP contribution in [0.1, 0.15) is 26.2 Å². The van der Waals surface area contributed by atoms with Crippen molar-refractivity contribution in [2.24, 2.45) is 0 Å². The third-order valence-electron chi connectivity index (χ3n) is 2.09. The van der Waals surface area contributed by atoms with Crippen molar-refractivity contribution in [3.05, 3.63) is 11.1 Å². The predicted octanol–water partition coefficient (Wildman–Crippen LogP) is 2.05. The van der Waals surface area contributed by atoms with Crippen LogP contribution in [0, 0.1) is 0 Å². The van der Waals surface area contributed by atoms with Gasteiger partial charge in [-0.15, -0.1) is 0 Å². The highest BCUT2D eigenvalue weighted by Crippen LogP contribution is 2.35. The van der Waals surface area contributed by atoms with Gasteiger partial charge in [0.1, 0.15) is 0 Å².